The summed E-state index contributed by atoms with van der Waals surface area (Å²) >= 11 is 0. The van der Waals surface area contributed by atoms with Crippen molar-refractivity contribution in [1.82, 2.24) is 0 Å². The first-order chi connectivity index (χ1) is 13.1. The minimum absolute atomic E-state index is 0. The number of hydrogen-bond acceptors (Lipinski definition) is 0. The van der Waals surface area contributed by atoms with Crippen molar-refractivity contribution in [2.75, 3.05) is 0 Å². The van der Waals surface area contributed by atoms with E-state index < -0.39 is 0 Å². The first kappa shape index (κ1) is 25.6. The van der Waals surface area contributed by atoms with Gasteiger partial charge in [0.1, 0.15) is 0 Å². The summed E-state index contributed by atoms with van der Waals surface area (Å²) in [4.78, 5) is 0. The summed E-state index contributed by atoms with van der Waals surface area (Å²) < 4.78 is 0. The molecule has 0 saturated heterocycles. The topological polar surface area (TPSA) is 0 Å². The molecule has 2 atom stereocenters. The van der Waals surface area contributed by atoms with E-state index in [4.69, 9.17) is 0 Å². The standard InChI is InChI=1S/C26H40Si.2Li/c1-17-15-23(21-11-7-5-8-12-21)19(3)25(17)27-26-18(2)16-24(20(26)4)22-13-9-6-10-14-22;;/h15-18,21-22H,5-14,27H2,1-4H3;;. The van der Waals surface area contributed by atoms with E-state index in [2.05, 4.69) is 39.8 Å². The molecule has 0 N–H and O–H groups in total. The van der Waals surface area contributed by atoms with Gasteiger partial charge in [-0.15, -0.1) is 0 Å². The van der Waals surface area contributed by atoms with Gasteiger partial charge in [0.2, 0.25) is 0 Å². The molecule has 0 bridgehead atoms. The SMILES string of the molecule is CC1=C([SiH2]C2=C(C)C(C3CCCCC3)=CC2C)C(C)C=C1C1CCCCC1.[Li].[Li]. The van der Waals surface area contributed by atoms with Crippen molar-refractivity contribution in [1.29, 1.82) is 0 Å². The third kappa shape index (κ3) is 5.41. The van der Waals surface area contributed by atoms with Crippen molar-refractivity contribution in [2.45, 2.75) is 91.9 Å². The Morgan fingerprint density at radius 3 is 1.31 bits per heavy atom. The second-order valence-electron chi connectivity index (χ2n) is 9.97. The Morgan fingerprint density at radius 2 is 0.966 bits per heavy atom. The smallest absolute Gasteiger partial charge is 0.0743 e. The van der Waals surface area contributed by atoms with E-state index in [-0.39, 0.29) is 47.2 Å². The summed E-state index contributed by atoms with van der Waals surface area (Å²) in [7, 11) is -0.305. The van der Waals surface area contributed by atoms with Gasteiger partial charge < -0.3 is 0 Å². The van der Waals surface area contributed by atoms with Gasteiger partial charge in [0.15, 0.2) is 0 Å². The van der Waals surface area contributed by atoms with Crippen LogP contribution in [0.25, 0.3) is 0 Å². The van der Waals surface area contributed by atoms with E-state index in [9.17, 15) is 0 Å². The fraction of sp³-hybridized carbons (Fsp3) is 0.692. The van der Waals surface area contributed by atoms with Gasteiger partial charge in [-0.2, -0.15) is 0 Å². The van der Waals surface area contributed by atoms with Crippen LogP contribution in [0.5, 0.6) is 0 Å². The normalized spacial score (nSPS) is 29.2. The molecular formula is C26H40Li2Si. The van der Waals surface area contributed by atoms with Crippen LogP contribution in [0.1, 0.15) is 91.9 Å². The minimum Gasteiger partial charge on any atom is -0.0743 e. The predicted octanol–water partition coefficient (Wildman–Crippen LogP) is 6.25. The van der Waals surface area contributed by atoms with E-state index in [0.717, 1.165) is 11.8 Å². The van der Waals surface area contributed by atoms with Gasteiger partial charge in [-0.1, -0.05) is 86.1 Å². The fourth-order valence-electron chi connectivity index (χ4n) is 6.55. The maximum Gasteiger partial charge on any atom is 0.0795 e. The summed E-state index contributed by atoms with van der Waals surface area (Å²) in [6.07, 6.45) is 19.8. The van der Waals surface area contributed by atoms with Crippen LogP contribution in [-0.4, -0.2) is 47.2 Å². The molecule has 0 nitrogen and oxygen atoms in total. The molecule has 0 aromatic carbocycles. The van der Waals surface area contributed by atoms with Crippen molar-refractivity contribution in [3.05, 3.63) is 44.8 Å². The Morgan fingerprint density at radius 1 is 0.621 bits per heavy atom. The summed E-state index contributed by atoms with van der Waals surface area (Å²) in [6, 6.07) is 0. The summed E-state index contributed by atoms with van der Waals surface area (Å²) in [5, 5.41) is 3.74. The molecule has 4 rings (SSSR count). The molecule has 2 radical (unpaired) electrons. The van der Waals surface area contributed by atoms with E-state index >= 15 is 0 Å². The average Bonchev–Trinajstić information content (AvgIpc) is 3.14. The number of rotatable bonds is 4. The maximum atomic E-state index is 2.67. The zero-order chi connectivity index (χ0) is 19.0. The summed E-state index contributed by atoms with van der Waals surface area (Å²) in [5.41, 5.74) is 6.96. The zero-order valence-electron chi connectivity index (χ0n) is 20.2. The molecule has 4 aliphatic rings. The predicted molar refractivity (Wildman–Crippen MR) is 133 cm³/mol. The van der Waals surface area contributed by atoms with Crippen LogP contribution in [0.15, 0.2) is 44.8 Å². The Labute approximate surface area is 206 Å². The van der Waals surface area contributed by atoms with E-state index in [0.29, 0.717) is 11.8 Å². The van der Waals surface area contributed by atoms with Crippen molar-refractivity contribution < 1.29 is 0 Å². The molecular weight excluding hydrogens is 354 g/mol. The molecule has 2 saturated carbocycles. The van der Waals surface area contributed by atoms with E-state index in [1.807, 2.05) is 10.4 Å². The van der Waals surface area contributed by atoms with Gasteiger partial charge in [-0.25, -0.2) is 0 Å². The molecule has 0 aliphatic heterocycles. The minimum atomic E-state index is -0.305. The van der Waals surface area contributed by atoms with Crippen LogP contribution in [0, 0.1) is 23.7 Å². The molecule has 0 heterocycles. The van der Waals surface area contributed by atoms with Gasteiger partial charge in [-0.05, 0) is 74.3 Å². The Hall–Kier alpha value is 0.372. The van der Waals surface area contributed by atoms with E-state index in [1.54, 1.807) is 22.3 Å². The van der Waals surface area contributed by atoms with Crippen molar-refractivity contribution in [2.24, 2.45) is 23.7 Å². The molecule has 0 aromatic rings. The van der Waals surface area contributed by atoms with Gasteiger partial charge in [0, 0.05) is 37.7 Å². The van der Waals surface area contributed by atoms with E-state index in [1.165, 1.54) is 64.2 Å². The molecule has 2 unspecified atom stereocenters. The van der Waals surface area contributed by atoms with Crippen LogP contribution in [0.2, 0.25) is 0 Å². The monoisotopic (exact) mass is 394 g/mol. The third-order valence-electron chi connectivity index (χ3n) is 8.26. The Balaban J connectivity index is 0.00000150. The first-order valence-corrected chi connectivity index (χ1v) is 13.3. The maximum absolute atomic E-state index is 2.67. The molecule has 150 valence electrons. The van der Waals surface area contributed by atoms with Crippen LogP contribution in [0.3, 0.4) is 0 Å². The zero-order valence-corrected chi connectivity index (χ0v) is 21.7. The molecule has 29 heavy (non-hydrogen) atoms. The molecule has 3 heteroatoms. The molecule has 4 aliphatic carbocycles. The van der Waals surface area contributed by atoms with Gasteiger partial charge >= 0.3 is 0 Å². The molecule has 0 aromatic heterocycles. The summed E-state index contributed by atoms with van der Waals surface area (Å²) in [6.45, 7) is 9.90. The Kier molecular flexibility index (Phi) is 9.99. The largest absolute Gasteiger partial charge is 0.0795 e. The third-order valence-corrected chi connectivity index (χ3v) is 11.4. The van der Waals surface area contributed by atoms with Crippen LogP contribution >= 0.6 is 0 Å². The molecule has 0 spiro atoms. The Bertz CT molecular complexity index is 640. The van der Waals surface area contributed by atoms with Crippen LogP contribution in [0.4, 0.5) is 0 Å². The molecule has 0 amide bonds. The van der Waals surface area contributed by atoms with Gasteiger partial charge in [0.05, 0.1) is 9.52 Å². The van der Waals surface area contributed by atoms with Gasteiger partial charge in [0.25, 0.3) is 0 Å². The summed E-state index contributed by atoms with van der Waals surface area (Å²) in [5.74, 6) is 3.17. The first-order valence-electron chi connectivity index (χ1n) is 11.9. The van der Waals surface area contributed by atoms with Gasteiger partial charge in [-0.3, -0.25) is 0 Å². The van der Waals surface area contributed by atoms with Crippen molar-refractivity contribution >= 4 is 47.2 Å². The number of hydrogen-bond donors (Lipinski definition) is 0. The fourth-order valence-corrected chi connectivity index (χ4v) is 8.78. The van der Waals surface area contributed by atoms with Crippen LogP contribution < -0.4 is 0 Å². The quantitative estimate of drug-likeness (QED) is 0.494. The number of allylic oxidation sites excluding steroid dienone is 8. The van der Waals surface area contributed by atoms with Crippen LogP contribution in [-0.2, 0) is 0 Å². The van der Waals surface area contributed by atoms with Crippen molar-refractivity contribution in [3.8, 4) is 0 Å². The second-order valence-corrected chi connectivity index (χ2v) is 11.8. The second kappa shape index (κ2) is 11.3. The molecule has 2 fully saturated rings. The average molecular weight is 395 g/mol. The van der Waals surface area contributed by atoms with Crippen molar-refractivity contribution in [3.63, 3.8) is 0 Å².